The first-order valence-corrected chi connectivity index (χ1v) is 6.01. The number of hydrogen-bond acceptors (Lipinski definition) is 5. The summed E-state index contributed by atoms with van der Waals surface area (Å²) in [5.41, 5.74) is 5.80. The molecule has 1 heterocycles. The molecule has 0 unspecified atom stereocenters. The zero-order valence-corrected chi connectivity index (χ0v) is 10.1. The minimum Gasteiger partial charge on any atom is -0.408 e. The van der Waals surface area contributed by atoms with Crippen molar-refractivity contribution in [2.45, 2.75) is 45.1 Å². The summed E-state index contributed by atoms with van der Waals surface area (Å²) in [4.78, 5) is 11.7. The van der Waals surface area contributed by atoms with E-state index in [1.807, 2.05) is 13.8 Å². The Labute approximate surface area is 100.0 Å². The van der Waals surface area contributed by atoms with Crippen LogP contribution in [0, 0.1) is 5.92 Å². The number of nitrogens with two attached hydrogens (primary N) is 1. The van der Waals surface area contributed by atoms with Gasteiger partial charge in [0, 0.05) is 5.92 Å². The van der Waals surface area contributed by atoms with Crippen molar-refractivity contribution in [3.63, 3.8) is 0 Å². The molecule has 6 nitrogen and oxygen atoms in total. The molecule has 1 amide bonds. The monoisotopic (exact) mass is 238 g/mol. The molecule has 17 heavy (non-hydrogen) atoms. The van der Waals surface area contributed by atoms with Gasteiger partial charge in [-0.2, -0.15) is 0 Å². The molecule has 1 aromatic rings. The second-order valence-corrected chi connectivity index (χ2v) is 4.62. The predicted molar refractivity (Wildman–Crippen MR) is 62.3 cm³/mol. The lowest BCUT2D eigenvalue weighted by Crippen LogP contribution is -2.40. The number of rotatable bonds is 5. The third kappa shape index (κ3) is 2.82. The minimum atomic E-state index is -0.545. The molecule has 94 valence electrons. The van der Waals surface area contributed by atoms with E-state index in [0.29, 0.717) is 11.8 Å². The Hall–Kier alpha value is -1.43. The van der Waals surface area contributed by atoms with Gasteiger partial charge in [0.15, 0.2) is 0 Å². The van der Waals surface area contributed by atoms with E-state index in [4.69, 9.17) is 10.2 Å². The first-order valence-electron chi connectivity index (χ1n) is 6.01. The molecule has 0 aromatic carbocycles. The zero-order chi connectivity index (χ0) is 12.4. The van der Waals surface area contributed by atoms with Gasteiger partial charge in [-0.15, -0.1) is 5.10 Å². The number of hydrogen-bond donors (Lipinski definition) is 2. The molecule has 0 bridgehead atoms. The van der Waals surface area contributed by atoms with E-state index in [1.165, 1.54) is 0 Å². The fraction of sp³-hybridized carbons (Fsp3) is 0.727. The Morgan fingerprint density at radius 1 is 1.59 bits per heavy atom. The highest BCUT2D eigenvalue weighted by Gasteiger charge is 2.30. The first kappa shape index (κ1) is 12.0. The normalized spacial score (nSPS) is 18.8. The maximum absolute atomic E-state index is 11.7. The molecule has 2 atom stereocenters. The van der Waals surface area contributed by atoms with Gasteiger partial charge in [-0.1, -0.05) is 25.4 Å². The summed E-state index contributed by atoms with van der Waals surface area (Å²) in [5.74, 6) is 0.847. The van der Waals surface area contributed by atoms with E-state index in [2.05, 4.69) is 15.5 Å². The van der Waals surface area contributed by atoms with Gasteiger partial charge in [-0.3, -0.25) is 10.1 Å². The second-order valence-electron chi connectivity index (χ2n) is 4.62. The van der Waals surface area contributed by atoms with Crippen LogP contribution in [-0.4, -0.2) is 22.1 Å². The van der Waals surface area contributed by atoms with Gasteiger partial charge in [0.2, 0.25) is 11.8 Å². The van der Waals surface area contributed by atoms with E-state index >= 15 is 0 Å². The quantitative estimate of drug-likeness (QED) is 0.805. The lowest BCUT2D eigenvalue weighted by atomic mass is 10.00. The summed E-state index contributed by atoms with van der Waals surface area (Å²) in [5, 5.41) is 10.2. The third-order valence-corrected chi connectivity index (χ3v) is 3.16. The Morgan fingerprint density at radius 2 is 2.29 bits per heavy atom. The van der Waals surface area contributed by atoms with Crippen molar-refractivity contribution in [2.24, 2.45) is 11.7 Å². The van der Waals surface area contributed by atoms with Crippen LogP contribution in [-0.2, 0) is 4.79 Å². The molecule has 0 spiro atoms. The summed E-state index contributed by atoms with van der Waals surface area (Å²) in [7, 11) is 0. The molecule has 1 aromatic heterocycles. The molecule has 1 aliphatic rings. The SMILES string of the molecule is CC[C@H](C)[C@H](N)C(=O)Nc1nnc(C2CC2)o1. The summed E-state index contributed by atoms with van der Waals surface area (Å²) >= 11 is 0. The van der Waals surface area contributed by atoms with Crippen LogP contribution in [0.5, 0.6) is 0 Å². The predicted octanol–water partition coefficient (Wildman–Crippen LogP) is 1.26. The lowest BCUT2D eigenvalue weighted by molar-refractivity contribution is -0.118. The van der Waals surface area contributed by atoms with Gasteiger partial charge >= 0.3 is 6.01 Å². The van der Waals surface area contributed by atoms with E-state index in [1.54, 1.807) is 0 Å². The molecule has 3 N–H and O–H groups in total. The molecule has 0 saturated heterocycles. The standard InChI is InChI=1S/C11H18N4O2/c1-3-6(2)8(12)9(16)13-11-15-14-10(17-11)7-4-5-7/h6-8H,3-5,12H2,1-2H3,(H,13,15,16)/t6-,8-/m0/s1. The van der Waals surface area contributed by atoms with Crippen LogP contribution in [0.25, 0.3) is 0 Å². The van der Waals surface area contributed by atoms with Gasteiger partial charge in [0.1, 0.15) is 0 Å². The van der Waals surface area contributed by atoms with E-state index in [9.17, 15) is 4.79 Å². The number of carbonyl (C=O) groups excluding carboxylic acids is 1. The first-order chi connectivity index (χ1) is 8.11. The van der Waals surface area contributed by atoms with Gasteiger partial charge in [0.25, 0.3) is 0 Å². The van der Waals surface area contributed by atoms with Crippen molar-refractivity contribution in [3.05, 3.63) is 5.89 Å². The lowest BCUT2D eigenvalue weighted by Gasteiger charge is -2.15. The Balaban J connectivity index is 1.92. The zero-order valence-electron chi connectivity index (χ0n) is 10.1. The van der Waals surface area contributed by atoms with Crippen LogP contribution in [0.15, 0.2) is 4.42 Å². The average Bonchev–Trinajstić information content (AvgIpc) is 3.08. The fourth-order valence-electron chi connectivity index (χ4n) is 1.48. The highest BCUT2D eigenvalue weighted by molar-refractivity contribution is 5.93. The molecule has 1 saturated carbocycles. The molecular weight excluding hydrogens is 220 g/mol. The average molecular weight is 238 g/mol. The van der Waals surface area contributed by atoms with Gasteiger partial charge in [-0.25, -0.2) is 0 Å². The highest BCUT2D eigenvalue weighted by atomic mass is 16.4. The van der Waals surface area contributed by atoms with Crippen molar-refractivity contribution in [1.82, 2.24) is 10.2 Å². The van der Waals surface area contributed by atoms with Crippen LogP contribution in [0.3, 0.4) is 0 Å². The van der Waals surface area contributed by atoms with E-state index in [0.717, 1.165) is 19.3 Å². The second kappa shape index (κ2) is 4.83. The summed E-state index contributed by atoms with van der Waals surface area (Å²) in [6.45, 7) is 3.93. The van der Waals surface area contributed by atoms with Gasteiger partial charge < -0.3 is 10.2 Å². The molecule has 0 aliphatic heterocycles. The van der Waals surface area contributed by atoms with E-state index < -0.39 is 6.04 Å². The smallest absolute Gasteiger partial charge is 0.322 e. The van der Waals surface area contributed by atoms with Crippen molar-refractivity contribution < 1.29 is 9.21 Å². The maximum Gasteiger partial charge on any atom is 0.322 e. The van der Waals surface area contributed by atoms with Crippen LogP contribution in [0.2, 0.25) is 0 Å². The summed E-state index contributed by atoms with van der Waals surface area (Å²) in [6, 6.07) is -0.396. The van der Waals surface area contributed by atoms with Gasteiger partial charge in [0.05, 0.1) is 6.04 Å². The Morgan fingerprint density at radius 3 is 2.88 bits per heavy atom. The summed E-state index contributed by atoms with van der Waals surface area (Å²) in [6.07, 6.45) is 3.02. The largest absolute Gasteiger partial charge is 0.408 e. The molecule has 2 rings (SSSR count). The molecular formula is C11H18N4O2. The number of nitrogens with one attached hydrogen (secondary N) is 1. The number of amides is 1. The molecule has 6 heteroatoms. The topological polar surface area (TPSA) is 94.0 Å². The van der Waals surface area contributed by atoms with Crippen LogP contribution >= 0.6 is 0 Å². The fourth-order valence-corrected chi connectivity index (χ4v) is 1.48. The van der Waals surface area contributed by atoms with Gasteiger partial charge in [-0.05, 0) is 18.8 Å². The highest BCUT2D eigenvalue weighted by Crippen LogP contribution is 2.39. The van der Waals surface area contributed by atoms with Crippen LogP contribution < -0.4 is 11.1 Å². The number of aromatic nitrogens is 2. The van der Waals surface area contributed by atoms with Crippen molar-refractivity contribution in [3.8, 4) is 0 Å². The summed E-state index contributed by atoms with van der Waals surface area (Å²) < 4.78 is 5.33. The Bertz CT molecular complexity index is 400. The minimum absolute atomic E-state index is 0.126. The van der Waals surface area contributed by atoms with Crippen LogP contribution in [0.1, 0.15) is 44.9 Å². The van der Waals surface area contributed by atoms with Crippen molar-refractivity contribution >= 4 is 11.9 Å². The number of anilines is 1. The number of carbonyl (C=O) groups is 1. The van der Waals surface area contributed by atoms with Crippen LogP contribution in [0.4, 0.5) is 6.01 Å². The maximum atomic E-state index is 11.7. The Kier molecular flexibility index (Phi) is 3.42. The van der Waals surface area contributed by atoms with Crippen molar-refractivity contribution in [2.75, 3.05) is 5.32 Å². The molecule has 1 aliphatic carbocycles. The van der Waals surface area contributed by atoms with E-state index in [-0.39, 0.29) is 17.8 Å². The molecule has 1 fully saturated rings. The third-order valence-electron chi connectivity index (χ3n) is 3.16. The molecule has 0 radical (unpaired) electrons. The number of nitrogens with zero attached hydrogens (tertiary/aromatic N) is 2. The van der Waals surface area contributed by atoms with Crippen molar-refractivity contribution in [1.29, 1.82) is 0 Å².